The van der Waals surface area contributed by atoms with Gasteiger partial charge < -0.3 is 0 Å². The summed E-state index contributed by atoms with van der Waals surface area (Å²) >= 11 is 0. The van der Waals surface area contributed by atoms with E-state index in [-0.39, 0.29) is 0 Å². The molecule has 20 heavy (non-hydrogen) atoms. The molecule has 2 N–H and O–H groups in total. The Balaban J connectivity index is 1.56. The van der Waals surface area contributed by atoms with E-state index in [1.54, 1.807) is 0 Å². The van der Waals surface area contributed by atoms with Gasteiger partial charge in [-0.1, -0.05) is 12.1 Å². The lowest BCUT2D eigenvalue weighted by Crippen LogP contribution is -1.88. The summed E-state index contributed by atoms with van der Waals surface area (Å²) in [6.07, 6.45) is 6.85. The van der Waals surface area contributed by atoms with Crippen molar-refractivity contribution in [2.45, 2.75) is 6.42 Å². The van der Waals surface area contributed by atoms with Crippen LogP contribution < -0.4 is 0 Å². The Hall–Kier alpha value is -2.62. The van der Waals surface area contributed by atoms with Gasteiger partial charge in [0.25, 0.3) is 0 Å². The van der Waals surface area contributed by atoms with E-state index in [4.69, 9.17) is 0 Å². The van der Waals surface area contributed by atoms with Gasteiger partial charge in [-0.2, -0.15) is 10.2 Å². The molecule has 97 valence electrons. The number of aromatic amines is 2. The van der Waals surface area contributed by atoms with Crippen LogP contribution >= 0.6 is 0 Å². The lowest BCUT2D eigenvalue weighted by molar-refractivity contribution is 1.12. The summed E-state index contributed by atoms with van der Waals surface area (Å²) in [5, 5.41) is 16.3. The summed E-state index contributed by atoms with van der Waals surface area (Å²) < 4.78 is 0. The molecule has 0 atom stereocenters. The molecule has 0 unspecified atom stereocenters. The fourth-order valence-electron chi connectivity index (χ4n) is 2.44. The molecular formula is C16H13N4. The first-order valence-corrected chi connectivity index (χ1v) is 6.57. The molecule has 4 aromatic rings. The topological polar surface area (TPSA) is 57.4 Å². The van der Waals surface area contributed by atoms with Gasteiger partial charge in [0.15, 0.2) is 0 Å². The summed E-state index contributed by atoms with van der Waals surface area (Å²) in [4.78, 5) is 0. The number of hydrogen-bond donors (Lipinski definition) is 2. The number of benzene rings is 2. The summed E-state index contributed by atoms with van der Waals surface area (Å²) in [6.45, 7) is 0. The second kappa shape index (κ2) is 4.49. The van der Waals surface area contributed by atoms with Gasteiger partial charge in [-0.05, 0) is 48.2 Å². The predicted molar refractivity (Wildman–Crippen MR) is 79.3 cm³/mol. The molecule has 2 aromatic heterocycles. The first kappa shape index (κ1) is 11.2. The number of H-pyrrole nitrogens is 2. The van der Waals surface area contributed by atoms with Gasteiger partial charge in [0.1, 0.15) is 0 Å². The molecule has 0 saturated carbocycles. The van der Waals surface area contributed by atoms with Crippen LogP contribution in [0.25, 0.3) is 21.8 Å². The minimum absolute atomic E-state index is 0.907. The third-order valence-electron chi connectivity index (χ3n) is 3.54. The van der Waals surface area contributed by atoms with Gasteiger partial charge in [0.05, 0.1) is 23.4 Å². The Bertz CT molecular complexity index is 798. The van der Waals surface area contributed by atoms with Crippen LogP contribution in [0.15, 0.2) is 48.8 Å². The van der Waals surface area contributed by atoms with E-state index >= 15 is 0 Å². The van der Waals surface area contributed by atoms with Crippen LogP contribution in [-0.2, 0) is 6.42 Å². The fourth-order valence-corrected chi connectivity index (χ4v) is 2.44. The number of nitrogens with zero attached hydrogens (tertiary/aromatic N) is 2. The second-order valence-electron chi connectivity index (χ2n) is 4.92. The molecule has 0 aliphatic carbocycles. The molecule has 1 radical (unpaired) electrons. The van der Waals surface area contributed by atoms with E-state index in [1.807, 2.05) is 12.4 Å². The standard InChI is InChI=1S/C16H13N4/c1(11-3-5-15-13(7-11)9-17-19-15)2-12-4-6-16-14(8-12)10-18-20-16/h1,3-10H,2H2,(H,17,19)(H,18,20). The quantitative estimate of drug-likeness (QED) is 0.595. The van der Waals surface area contributed by atoms with Crippen LogP contribution in [0, 0.1) is 6.42 Å². The Morgan fingerprint density at radius 2 is 1.55 bits per heavy atom. The summed E-state index contributed by atoms with van der Waals surface area (Å²) in [7, 11) is 0. The monoisotopic (exact) mass is 261 g/mol. The van der Waals surface area contributed by atoms with Crippen molar-refractivity contribution in [3.63, 3.8) is 0 Å². The average molecular weight is 261 g/mol. The highest BCUT2D eigenvalue weighted by atomic mass is 15.1. The van der Waals surface area contributed by atoms with Crippen molar-refractivity contribution in [3.8, 4) is 0 Å². The van der Waals surface area contributed by atoms with E-state index in [9.17, 15) is 0 Å². The molecule has 2 heterocycles. The Morgan fingerprint density at radius 1 is 0.850 bits per heavy atom. The highest BCUT2D eigenvalue weighted by molar-refractivity contribution is 5.79. The van der Waals surface area contributed by atoms with Gasteiger partial charge in [-0.15, -0.1) is 0 Å². The van der Waals surface area contributed by atoms with Gasteiger partial charge in [0, 0.05) is 10.8 Å². The highest BCUT2D eigenvalue weighted by Crippen LogP contribution is 2.18. The van der Waals surface area contributed by atoms with E-state index in [1.165, 1.54) is 11.1 Å². The van der Waals surface area contributed by atoms with Crippen molar-refractivity contribution in [1.82, 2.24) is 20.4 Å². The maximum atomic E-state index is 4.04. The van der Waals surface area contributed by atoms with Crippen LogP contribution in [0.4, 0.5) is 0 Å². The molecule has 4 heteroatoms. The zero-order valence-corrected chi connectivity index (χ0v) is 10.8. The molecule has 0 bridgehead atoms. The Kier molecular flexibility index (Phi) is 2.52. The van der Waals surface area contributed by atoms with Crippen molar-refractivity contribution in [1.29, 1.82) is 0 Å². The minimum atomic E-state index is 0.907. The zero-order valence-electron chi connectivity index (χ0n) is 10.8. The van der Waals surface area contributed by atoms with E-state index in [2.05, 4.69) is 63.2 Å². The van der Waals surface area contributed by atoms with Gasteiger partial charge in [-0.3, -0.25) is 10.2 Å². The smallest absolute Gasteiger partial charge is 0.0650 e. The van der Waals surface area contributed by atoms with Crippen LogP contribution in [0.3, 0.4) is 0 Å². The lowest BCUT2D eigenvalue weighted by Gasteiger charge is -2.02. The van der Waals surface area contributed by atoms with Crippen LogP contribution in [0.5, 0.6) is 0 Å². The minimum Gasteiger partial charge on any atom is -0.278 e. The molecule has 0 aliphatic heterocycles. The van der Waals surface area contributed by atoms with Crippen molar-refractivity contribution in [3.05, 3.63) is 66.3 Å². The van der Waals surface area contributed by atoms with Crippen molar-refractivity contribution >= 4 is 21.8 Å². The van der Waals surface area contributed by atoms with Crippen LogP contribution in [0.2, 0.25) is 0 Å². The summed E-state index contributed by atoms with van der Waals surface area (Å²) in [5.74, 6) is 0. The normalized spacial score (nSPS) is 11.4. The number of hydrogen-bond acceptors (Lipinski definition) is 2. The second-order valence-corrected chi connectivity index (χ2v) is 4.92. The molecule has 4 rings (SSSR count). The van der Waals surface area contributed by atoms with Gasteiger partial charge in [-0.25, -0.2) is 0 Å². The largest absolute Gasteiger partial charge is 0.278 e. The molecule has 0 amide bonds. The van der Waals surface area contributed by atoms with E-state index in [0.29, 0.717) is 0 Å². The molecule has 0 aliphatic rings. The molecule has 2 aromatic carbocycles. The van der Waals surface area contributed by atoms with Gasteiger partial charge in [0.2, 0.25) is 0 Å². The van der Waals surface area contributed by atoms with Crippen molar-refractivity contribution in [2.75, 3.05) is 0 Å². The molecule has 4 nitrogen and oxygen atoms in total. The Labute approximate surface area is 115 Å². The van der Waals surface area contributed by atoms with Crippen molar-refractivity contribution < 1.29 is 0 Å². The summed E-state index contributed by atoms with van der Waals surface area (Å²) in [5.41, 5.74) is 4.65. The zero-order chi connectivity index (χ0) is 13.4. The third-order valence-corrected chi connectivity index (χ3v) is 3.54. The number of rotatable bonds is 3. The number of nitrogens with one attached hydrogen (secondary N) is 2. The first-order valence-electron chi connectivity index (χ1n) is 6.57. The van der Waals surface area contributed by atoms with E-state index < -0.39 is 0 Å². The number of fused-ring (bicyclic) bond motifs is 2. The van der Waals surface area contributed by atoms with E-state index in [0.717, 1.165) is 28.2 Å². The maximum Gasteiger partial charge on any atom is 0.0650 e. The SMILES string of the molecule is [CH](Cc1ccc2[nH]ncc2c1)c1ccc2[nH]ncc2c1. The van der Waals surface area contributed by atoms with Gasteiger partial charge >= 0.3 is 0 Å². The molecule has 0 spiro atoms. The molecule has 0 fully saturated rings. The highest BCUT2D eigenvalue weighted by Gasteiger charge is 2.01. The third kappa shape index (κ3) is 1.95. The Morgan fingerprint density at radius 3 is 2.35 bits per heavy atom. The lowest BCUT2D eigenvalue weighted by atomic mass is 10.0. The first-order chi connectivity index (χ1) is 9.88. The van der Waals surface area contributed by atoms with Crippen LogP contribution in [-0.4, -0.2) is 20.4 Å². The summed E-state index contributed by atoms with van der Waals surface area (Å²) in [6, 6.07) is 12.7. The molecular weight excluding hydrogens is 248 g/mol. The maximum absolute atomic E-state index is 4.04. The fraction of sp³-hybridized carbons (Fsp3) is 0.0625. The average Bonchev–Trinajstić information content (AvgIpc) is 3.12. The number of aromatic nitrogens is 4. The van der Waals surface area contributed by atoms with Crippen LogP contribution in [0.1, 0.15) is 11.1 Å². The predicted octanol–water partition coefficient (Wildman–Crippen LogP) is 3.23. The molecule has 0 saturated heterocycles. The van der Waals surface area contributed by atoms with Crippen molar-refractivity contribution in [2.24, 2.45) is 0 Å².